The Balaban J connectivity index is 1.24. The molecule has 0 bridgehead atoms. The number of rotatable bonds is 6. The van der Waals surface area contributed by atoms with E-state index in [0.717, 1.165) is 33.7 Å². The number of fused-ring (bicyclic) bond motifs is 4. The van der Waals surface area contributed by atoms with E-state index in [1.807, 2.05) is 66.7 Å². The Kier molecular flexibility index (Phi) is 5.42. The average Bonchev–Trinajstić information content (AvgIpc) is 3.16. The molecule has 32 heavy (non-hydrogen) atoms. The molecule has 158 valence electrons. The first-order valence-electron chi connectivity index (χ1n) is 10.8. The highest BCUT2D eigenvalue weighted by Gasteiger charge is 2.29. The van der Waals surface area contributed by atoms with Crippen LogP contribution >= 0.6 is 0 Å². The SMILES string of the molecule is O=C[C@H](Cc1ccc2ccccc2c1)NC(=O)OCC1c2ccccc2-c2ccccc21. The molecule has 0 saturated heterocycles. The minimum absolute atomic E-state index is 0.0108. The number of amides is 1. The van der Waals surface area contributed by atoms with Crippen molar-refractivity contribution < 1.29 is 14.3 Å². The summed E-state index contributed by atoms with van der Waals surface area (Å²) in [5.74, 6) is -0.0108. The van der Waals surface area contributed by atoms with Gasteiger partial charge in [-0.05, 0) is 45.0 Å². The minimum Gasteiger partial charge on any atom is -0.449 e. The lowest BCUT2D eigenvalue weighted by Gasteiger charge is -2.17. The monoisotopic (exact) mass is 421 g/mol. The molecule has 1 atom stereocenters. The molecule has 0 unspecified atom stereocenters. The van der Waals surface area contributed by atoms with E-state index in [-0.39, 0.29) is 12.5 Å². The van der Waals surface area contributed by atoms with E-state index in [4.69, 9.17) is 4.74 Å². The van der Waals surface area contributed by atoms with E-state index in [0.29, 0.717) is 6.42 Å². The van der Waals surface area contributed by atoms with Crippen LogP contribution in [0.5, 0.6) is 0 Å². The molecule has 4 aromatic rings. The Morgan fingerprint density at radius 3 is 2.16 bits per heavy atom. The molecule has 0 radical (unpaired) electrons. The molecule has 4 nitrogen and oxygen atoms in total. The van der Waals surface area contributed by atoms with E-state index in [2.05, 4.69) is 29.6 Å². The Bertz CT molecular complexity index is 1250. The second-order valence-corrected chi connectivity index (χ2v) is 8.10. The molecule has 0 heterocycles. The van der Waals surface area contributed by atoms with Gasteiger partial charge in [-0.15, -0.1) is 0 Å². The molecule has 0 spiro atoms. The summed E-state index contributed by atoms with van der Waals surface area (Å²) in [5, 5.41) is 4.96. The summed E-state index contributed by atoms with van der Waals surface area (Å²) in [4.78, 5) is 24.1. The lowest BCUT2D eigenvalue weighted by Crippen LogP contribution is -2.38. The minimum atomic E-state index is -0.646. The highest BCUT2D eigenvalue weighted by Crippen LogP contribution is 2.44. The quantitative estimate of drug-likeness (QED) is 0.419. The Labute approximate surface area is 186 Å². The van der Waals surface area contributed by atoms with Gasteiger partial charge in [0, 0.05) is 5.92 Å². The molecule has 1 N–H and O–H groups in total. The fourth-order valence-corrected chi connectivity index (χ4v) is 4.54. The van der Waals surface area contributed by atoms with Gasteiger partial charge in [0.1, 0.15) is 12.9 Å². The highest BCUT2D eigenvalue weighted by molar-refractivity contribution is 5.83. The number of benzene rings is 4. The molecule has 0 aromatic heterocycles. The van der Waals surface area contributed by atoms with Crippen LogP contribution in [-0.4, -0.2) is 25.0 Å². The molecular formula is C28H23NO3. The third-order valence-corrected chi connectivity index (χ3v) is 6.08. The van der Waals surface area contributed by atoms with Gasteiger partial charge in [-0.3, -0.25) is 0 Å². The first kappa shape index (κ1) is 20.0. The van der Waals surface area contributed by atoms with Crippen molar-refractivity contribution in [2.45, 2.75) is 18.4 Å². The molecule has 1 aliphatic carbocycles. The van der Waals surface area contributed by atoms with Crippen LogP contribution in [0.25, 0.3) is 21.9 Å². The van der Waals surface area contributed by atoms with E-state index < -0.39 is 12.1 Å². The van der Waals surface area contributed by atoms with Gasteiger partial charge in [0.05, 0.1) is 6.04 Å². The third kappa shape index (κ3) is 3.87. The van der Waals surface area contributed by atoms with Crippen LogP contribution < -0.4 is 5.32 Å². The zero-order valence-corrected chi connectivity index (χ0v) is 17.5. The van der Waals surface area contributed by atoms with E-state index in [9.17, 15) is 9.59 Å². The zero-order chi connectivity index (χ0) is 21.9. The molecule has 1 aliphatic rings. The van der Waals surface area contributed by atoms with Gasteiger partial charge in [-0.25, -0.2) is 4.79 Å². The second kappa shape index (κ2) is 8.67. The normalized spacial score (nSPS) is 13.2. The van der Waals surface area contributed by atoms with Crippen LogP contribution in [-0.2, 0) is 16.0 Å². The maximum Gasteiger partial charge on any atom is 0.407 e. The van der Waals surface area contributed by atoms with Crippen molar-refractivity contribution in [3.63, 3.8) is 0 Å². The van der Waals surface area contributed by atoms with Crippen LogP contribution in [0.15, 0.2) is 91.0 Å². The molecule has 5 rings (SSSR count). The number of hydrogen-bond acceptors (Lipinski definition) is 3. The Hall–Kier alpha value is -3.92. The predicted molar refractivity (Wildman–Crippen MR) is 126 cm³/mol. The summed E-state index contributed by atoms with van der Waals surface area (Å²) in [6, 6.07) is 29.9. The van der Waals surface area contributed by atoms with Crippen LogP contribution in [0.4, 0.5) is 4.79 Å². The molecule has 0 aliphatic heterocycles. The van der Waals surface area contributed by atoms with Crippen LogP contribution in [0.3, 0.4) is 0 Å². The Morgan fingerprint density at radius 1 is 0.844 bits per heavy atom. The van der Waals surface area contributed by atoms with Gasteiger partial charge in [0.25, 0.3) is 0 Å². The van der Waals surface area contributed by atoms with Crippen molar-refractivity contribution in [1.82, 2.24) is 5.32 Å². The summed E-state index contributed by atoms with van der Waals surface area (Å²) >= 11 is 0. The highest BCUT2D eigenvalue weighted by atomic mass is 16.5. The van der Waals surface area contributed by atoms with Crippen molar-refractivity contribution in [1.29, 1.82) is 0 Å². The van der Waals surface area contributed by atoms with E-state index in [1.165, 1.54) is 11.1 Å². The second-order valence-electron chi connectivity index (χ2n) is 8.10. The summed E-state index contributed by atoms with van der Waals surface area (Å²) < 4.78 is 5.57. The predicted octanol–water partition coefficient (Wildman–Crippen LogP) is 5.49. The van der Waals surface area contributed by atoms with Gasteiger partial charge in [0.2, 0.25) is 0 Å². The number of aldehydes is 1. The summed E-state index contributed by atoms with van der Waals surface area (Å²) in [7, 11) is 0. The average molecular weight is 421 g/mol. The molecule has 0 fully saturated rings. The van der Waals surface area contributed by atoms with Gasteiger partial charge in [-0.1, -0.05) is 91.0 Å². The number of carbonyl (C=O) groups is 2. The largest absolute Gasteiger partial charge is 0.449 e. The first-order valence-corrected chi connectivity index (χ1v) is 10.8. The zero-order valence-electron chi connectivity index (χ0n) is 17.5. The Morgan fingerprint density at radius 2 is 1.47 bits per heavy atom. The lowest BCUT2D eigenvalue weighted by atomic mass is 9.98. The van der Waals surface area contributed by atoms with Gasteiger partial charge >= 0.3 is 6.09 Å². The summed E-state index contributed by atoms with van der Waals surface area (Å²) in [6.07, 6.45) is 0.597. The van der Waals surface area contributed by atoms with Crippen LogP contribution in [0.2, 0.25) is 0 Å². The fraction of sp³-hybridized carbons (Fsp3) is 0.143. The summed E-state index contributed by atoms with van der Waals surface area (Å²) in [6.45, 7) is 0.224. The van der Waals surface area contributed by atoms with Crippen molar-refractivity contribution >= 4 is 23.2 Å². The van der Waals surface area contributed by atoms with Crippen molar-refractivity contribution in [2.75, 3.05) is 6.61 Å². The standard InChI is InChI=1S/C28H23NO3/c30-17-22(16-19-13-14-20-7-1-2-8-21(20)15-19)29-28(31)32-18-27-25-11-5-3-9-23(25)24-10-4-6-12-26(24)27/h1-15,17,22,27H,16,18H2,(H,29,31)/t22-/m0/s1. The molecule has 0 saturated carbocycles. The van der Waals surface area contributed by atoms with Crippen molar-refractivity contribution in [2.24, 2.45) is 0 Å². The van der Waals surface area contributed by atoms with Gasteiger partial charge in [0.15, 0.2) is 0 Å². The first-order chi connectivity index (χ1) is 15.7. The fourth-order valence-electron chi connectivity index (χ4n) is 4.54. The van der Waals surface area contributed by atoms with Crippen molar-refractivity contribution in [3.8, 4) is 11.1 Å². The van der Waals surface area contributed by atoms with Gasteiger partial charge < -0.3 is 14.8 Å². The van der Waals surface area contributed by atoms with E-state index >= 15 is 0 Å². The topological polar surface area (TPSA) is 55.4 Å². The number of carbonyl (C=O) groups excluding carboxylic acids is 2. The smallest absolute Gasteiger partial charge is 0.407 e. The van der Waals surface area contributed by atoms with Crippen molar-refractivity contribution in [3.05, 3.63) is 108 Å². The number of alkyl carbamates (subject to hydrolysis) is 1. The van der Waals surface area contributed by atoms with Crippen LogP contribution in [0, 0.1) is 0 Å². The van der Waals surface area contributed by atoms with Crippen LogP contribution in [0.1, 0.15) is 22.6 Å². The third-order valence-electron chi connectivity index (χ3n) is 6.08. The molecule has 1 amide bonds. The summed E-state index contributed by atoms with van der Waals surface area (Å²) in [5.41, 5.74) is 5.66. The molecule has 4 aromatic carbocycles. The number of hydrogen-bond donors (Lipinski definition) is 1. The molecule has 4 heteroatoms. The number of ether oxygens (including phenoxy) is 1. The van der Waals surface area contributed by atoms with E-state index in [1.54, 1.807) is 0 Å². The maximum absolute atomic E-state index is 12.5. The lowest BCUT2D eigenvalue weighted by molar-refractivity contribution is -0.109. The van der Waals surface area contributed by atoms with Gasteiger partial charge in [-0.2, -0.15) is 0 Å². The molecular weight excluding hydrogens is 398 g/mol. The number of nitrogens with one attached hydrogen (secondary N) is 1. The maximum atomic E-state index is 12.5.